The minimum Gasteiger partial charge on any atom is -0.330 e. The second kappa shape index (κ2) is 4.63. The molecule has 6 heteroatoms. The Morgan fingerprint density at radius 1 is 1.05 bits per heavy atom. The van der Waals surface area contributed by atoms with Crippen LogP contribution in [0.3, 0.4) is 0 Å². The molecule has 1 aromatic heterocycles. The number of aromatic amines is 1. The summed E-state index contributed by atoms with van der Waals surface area (Å²) in [6.45, 7) is 0. The van der Waals surface area contributed by atoms with E-state index in [0.717, 1.165) is 11.0 Å². The van der Waals surface area contributed by atoms with Crippen LogP contribution in [0.2, 0.25) is 10.0 Å². The second-order valence-electron chi connectivity index (χ2n) is 4.05. The Kier molecular flexibility index (Phi) is 3.09. The monoisotopic (exact) mass is 312 g/mol. The predicted molar refractivity (Wildman–Crippen MR) is 78.4 cm³/mol. The number of aromatic nitrogens is 2. The van der Waals surface area contributed by atoms with Crippen LogP contribution in [0, 0.1) is 10.6 Å². The first-order valence-corrected chi connectivity index (χ1v) is 6.58. The van der Waals surface area contributed by atoms with Gasteiger partial charge in [0.1, 0.15) is 5.82 Å². The Morgan fingerprint density at radius 3 is 2.58 bits per heavy atom. The van der Waals surface area contributed by atoms with Crippen LogP contribution < -0.4 is 0 Å². The normalized spacial score (nSPS) is 11.1. The molecular weight excluding hydrogens is 306 g/mol. The largest absolute Gasteiger partial charge is 0.330 e. The van der Waals surface area contributed by atoms with Crippen LogP contribution in [0.25, 0.3) is 16.7 Å². The lowest BCUT2D eigenvalue weighted by molar-refractivity contribution is 0.627. The van der Waals surface area contributed by atoms with Crippen LogP contribution in [0.5, 0.6) is 0 Å². The van der Waals surface area contributed by atoms with Crippen LogP contribution in [0.15, 0.2) is 36.4 Å². The summed E-state index contributed by atoms with van der Waals surface area (Å²) >= 11 is 17.1. The molecule has 0 fully saturated rings. The van der Waals surface area contributed by atoms with E-state index < -0.39 is 5.82 Å². The zero-order valence-corrected chi connectivity index (χ0v) is 11.8. The smallest absolute Gasteiger partial charge is 0.182 e. The van der Waals surface area contributed by atoms with Crippen molar-refractivity contribution in [3.8, 4) is 5.69 Å². The molecule has 0 spiro atoms. The van der Waals surface area contributed by atoms with E-state index in [2.05, 4.69) is 4.98 Å². The number of benzene rings is 2. The van der Waals surface area contributed by atoms with Crippen molar-refractivity contribution in [1.82, 2.24) is 9.55 Å². The topological polar surface area (TPSA) is 20.7 Å². The molecule has 2 nitrogen and oxygen atoms in total. The molecule has 0 atom stereocenters. The Balaban J connectivity index is 2.38. The molecule has 0 aliphatic rings. The van der Waals surface area contributed by atoms with E-state index in [-0.39, 0.29) is 0 Å². The third-order valence-corrected chi connectivity index (χ3v) is 3.49. The van der Waals surface area contributed by atoms with Crippen molar-refractivity contribution in [2.24, 2.45) is 0 Å². The molecule has 0 saturated heterocycles. The highest BCUT2D eigenvalue weighted by atomic mass is 35.5. The number of nitrogens with zero attached hydrogens (tertiary/aromatic N) is 1. The first-order chi connectivity index (χ1) is 9.04. The van der Waals surface area contributed by atoms with Crippen molar-refractivity contribution < 1.29 is 4.39 Å². The summed E-state index contributed by atoms with van der Waals surface area (Å²) in [6, 6.07) is 9.62. The number of nitrogens with one attached hydrogen (secondary N) is 1. The van der Waals surface area contributed by atoms with Crippen molar-refractivity contribution in [2.45, 2.75) is 0 Å². The molecule has 0 unspecified atom stereocenters. The van der Waals surface area contributed by atoms with Crippen LogP contribution in [-0.2, 0) is 0 Å². The average Bonchev–Trinajstić information content (AvgIpc) is 2.63. The number of hydrogen-bond donors (Lipinski definition) is 1. The maximum atomic E-state index is 13.5. The third-order valence-electron chi connectivity index (χ3n) is 2.75. The van der Waals surface area contributed by atoms with E-state index in [0.29, 0.717) is 20.5 Å². The van der Waals surface area contributed by atoms with Crippen molar-refractivity contribution in [3.05, 3.63) is 57.0 Å². The van der Waals surface area contributed by atoms with Crippen LogP contribution in [-0.4, -0.2) is 9.55 Å². The van der Waals surface area contributed by atoms with Gasteiger partial charge in [-0.15, -0.1) is 0 Å². The number of imidazole rings is 1. The zero-order chi connectivity index (χ0) is 13.6. The third kappa shape index (κ3) is 2.27. The number of hydrogen-bond acceptors (Lipinski definition) is 1. The Bertz CT molecular complexity index is 818. The van der Waals surface area contributed by atoms with Crippen LogP contribution in [0.4, 0.5) is 4.39 Å². The summed E-state index contributed by atoms with van der Waals surface area (Å²) in [5, 5.41) is 0.894. The average molecular weight is 313 g/mol. The maximum Gasteiger partial charge on any atom is 0.182 e. The Morgan fingerprint density at radius 2 is 1.84 bits per heavy atom. The summed E-state index contributed by atoms with van der Waals surface area (Å²) in [7, 11) is 0. The molecule has 0 amide bonds. The molecule has 0 aliphatic heterocycles. The Hall–Kier alpha value is -1.36. The van der Waals surface area contributed by atoms with Crippen LogP contribution >= 0.6 is 35.4 Å². The molecule has 3 rings (SSSR count). The maximum absolute atomic E-state index is 13.5. The number of fused-ring (bicyclic) bond motifs is 1. The predicted octanol–water partition coefficient (Wildman–Crippen LogP) is 5.13. The molecule has 0 radical (unpaired) electrons. The number of H-pyrrole nitrogens is 1. The quantitative estimate of drug-likeness (QED) is 0.617. The highest BCUT2D eigenvalue weighted by Gasteiger charge is 2.09. The van der Waals surface area contributed by atoms with Gasteiger partial charge in [-0.3, -0.25) is 4.57 Å². The van der Waals surface area contributed by atoms with Gasteiger partial charge in [-0.05, 0) is 48.6 Å². The van der Waals surface area contributed by atoms with Gasteiger partial charge in [0.15, 0.2) is 4.77 Å². The molecule has 0 saturated carbocycles. The SMILES string of the molecule is Fc1cc(Cl)cc(-n2c(=S)[nH]c3ccc(Cl)cc32)c1. The fourth-order valence-corrected chi connectivity index (χ4v) is 2.70. The first-order valence-electron chi connectivity index (χ1n) is 5.41. The van der Waals surface area contributed by atoms with E-state index in [1.807, 2.05) is 6.07 Å². The van der Waals surface area contributed by atoms with Gasteiger partial charge in [-0.2, -0.15) is 0 Å². The lowest BCUT2D eigenvalue weighted by atomic mass is 10.2. The molecule has 1 N–H and O–H groups in total. The zero-order valence-electron chi connectivity index (χ0n) is 9.45. The molecule has 96 valence electrons. The van der Waals surface area contributed by atoms with Crippen molar-refractivity contribution in [3.63, 3.8) is 0 Å². The molecule has 1 heterocycles. The van der Waals surface area contributed by atoms with Gasteiger partial charge in [0.25, 0.3) is 0 Å². The van der Waals surface area contributed by atoms with Gasteiger partial charge in [0.2, 0.25) is 0 Å². The minimum absolute atomic E-state index is 0.313. The summed E-state index contributed by atoms with van der Waals surface area (Å²) in [5.41, 5.74) is 2.16. The van der Waals surface area contributed by atoms with Crippen LogP contribution in [0.1, 0.15) is 0 Å². The minimum atomic E-state index is -0.416. The highest BCUT2D eigenvalue weighted by molar-refractivity contribution is 7.71. The molecule has 0 bridgehead atoms. The number of rotatable bonds is 1. The highest BCUT2D eigenvalue weighted by Crippen LogP contribution is 2.25. The fraction of sp³-hybridized carbons (Fsp3) is 0. The molecule has 0 aliphatic carbocycles. The summed E-state index contributed by atoms with van der Waals surface area (Å²) in [5.74, 6) is -0.416. The standard InChI is InChI=1S/C13H7Cl2FN2S/c14-7-1-2-11-12(5-7)18(13(19)17-11)10-4-8(15)3-9(16)6-10/h1-6H,(H,17,19). The summed E-state index contributed by atoms with van der Waals surface area (Å²) in [4.78, 5) is 3.05. The van der Waals surface area contributed by atoms with Crippen molar-refractivity contribution in [1.29, 1.82) is 0 Å². The number of halogens is 3. The first kappa shape index (κ1) is 12.7. The van der Waals surface area contributed by atoms with Crippen molar-refractivity contribution >= 4 is 46.5 Å². The van der Waals surface area contributed by atoms with E-state index in [4.69, 9.17) is 35.4 Å². The van der Waals surface area contributed by atoms with Gasteiger partial charge >= 0.3 is 0 Å². The van der Waals surface area contributed by atoms with Crippen molar-refractivity contribution in [2.75, 3.05) is 0 Å². The van der Waals surface area contributed by atoms with Gasteiger partial charge in [-0.1, -0.05) is 23.2 Å². The summed E-state index contributed by atoms with van der Waals surface area (Å²) < 4.78 is 15.6. The van der Waals surface area contributed by atoms with E-state index in [9.17, 15) is 4.39 Å². The Labute approximate surface area is 123 Å². The lowest BCUT2D eigenvalue weighted by Gasteiger charge is -2.05. The van der Waals surface area contributed by atoms with E-state index >= 15 is 0 Å². The fourth-order valence-electron chi connectivity index (χ4n) is 2.00. The molecule has 2 aromatic carbocycles. The second-order valence-corrected chi connectivity index (χ2v) is 5.31. The van der Waals surface area contributed by atoms with E-state index in [1.165, 1.54) is 12.1 Å². The molecule has 3 aromatic rings. The lowest BCUT2D eigenvalue weighted by Crippen LogP contribution is -1.95. The van der Waals surface area contributed by atoms with Gasteiger partial charge in [0.05, 0.1) is 16.7 Å². The molecular formula is C13H7Cl2FN2S. The van der Waals surface area contributed by atoms with Gasteiger partial charge in [0, 0.05) is 10.0 Å². The van der Waals surface area contributed by atoms with E-state index in [1.54, 1.807) is 22.8 Å². The van der Waals surface area contributed by atoms with Gasteiger partial charge < -0.3 is 4.98 Å². The van der Waals surface area contributed by atoms with Gasteiger partial charge in [-0.25, -0.2) is 4.39 Å². The molecule has 19 heavy (non-hydrogen) atoms. The summed E-state index contributed by atoms with van der Waals surface area (Å²) in [6.07, 6.45) is 0.